The van der Waals surface area contributed by atoms with E-state index in [1.807, 2.05) is 17.0 Å². The van der Waals surface area contributed by atoms with Gasteiger partial charge in [0.05, 0.1) is 18.3 Å². The maximum Gasteiger partial charge on any atom is 0.255 e. The Bertz CT molecular complexity index is 603. The van der Waals surface area contributed by atoms with E-state index in [4.69, 9.17) is 9.47 Å². The van der Waals surface area contributed by atoms with Crippen LogP contribution in [0.15, 0.2) is 24.5 Å². The van der Waals surface area contributed by atoms with E-state index >= 15 is 0 Å². The summed E-state index contributed by atoms with van der Waals surface area (Å²) in [5.41, 5.74) is 0.622. The zero-order valence-corrected chi connectivity index (χ0v) is 15.6. The van der Waals surface area contributed by atoms with E-state index in [2.05, 4.69) is 4.98 Å². The topological polar surface area (TPSA) is 51.7 Å². The number of pyridine rings is 1. The number of carbonyl (C=O) groups is 1. The first kappa shape index (κ1) is 17.9. The molecule has 5 nitrogen and oxygen atoms in total. The standard InChI is InChI=1S/C21H30N2O3/c24-20(18-7-3-10-22-13-18)23-11-8-19-21(15-23,9-4-12-26-19)16-25-14-17-5-1-2-6-17/h3,7,10,13,17,19H,1-2,4-6,8-9,11-12,14-16H2/t19-,21-/m1/s1. The fourth-order valence-corrected chi connectivity index (χ4v) is 4.95. The van der Waals surface area contributed by atoms with Gasteiger partial charge in [0.15, 0.2) is 0 Å². The van der Waals surface area contributed by atoms with Crippen LogP contribution in [0.5, 0.6) is 0 Å². The zero-order valence-electron chi connectivity index (χ0n) is 15.6. The lowest BCUT2D eigenvalue weighted by Gasteiger charge is -2.50. The molecule has 1 saturated carbocycles. The molecule has 3 heterocycles. The average Bonchev–Trinajstić information content (AvgIpc) is 3.21. The van der Waals surface area contributed by atoms with Crippen LogP contribution in [0.25, 0.3) is 0 Å². The highest BCUT2D eigenvalue weighted by molar-refractivity contribution is 5.94. The summed E-state index contributed by atoms with van der Waals surface area (Å²) in [5, 5.41) is 0. The number of likely N-dealkylation sites (tertiary alicyclic amines) is 1. The molecule has 1 amide bonds. The van der Waals surface area contributed by atoms with Crippen LogP contribution < -0.4 is 0 Å². The molecule has 0 aromatic carbocycles. The van der Waals surface area contributed by atoms with E-state index in [1.165, 1.54) is 25.7 Å². The molecular formula is C21H30N2O3. The summed E-state index contributed by atoms with van der Waals surface area (Å²) in [6.45, 7) is 3.90. The van der Waals surface area contributed by atoms with Crippen molar-refractivity contribution in [3.8, 4) is 0 Å². The second-order valence-electron chi connectivity index (χ2n) is 8.25. The van der Waals surface area contributed by atoms with Gasteiger partial charge >= 0.3 is 0 Å². The number of rotatable bonds is 5. The average molecular weight is 358 g/mol. The minimum absolute atomic E-state index is 0.0486. The Morgan fingerprint density at radius 2 is 2.19 bits per heavy atom. The number of ether oxygens (including phenoxy) is 2. The second kappa shape index (κ2) is 8.05. The van der Waals surface area contributed by atoms with Gasteiger partial charge in [0.25, 0.3) is 5.91 Å². The molecule has 142 valence electrons. The maximum absolute atomic E-state index is 12.9. The largest absolute Gasteiger partial charge is 0.380 e. The Kier molecular flexibility index (Phi) is 5.55. The molecule has 1 aromatic heterocycles. The van der Waals surface area contributed by atoms with Crippen LogP contribution in [0.1, 0.15) is 55.3 Å². The molecule has 3 aliphatic rings. The molecule has 1 aliphatic carbocycles. The third-order valence-corrected chi connectivity index (χ3v) is 6.40. The summed E-state index contributed by atoms with van der Waals surface area (Å²) in [5.74, 6) is 0.809. The van der Waals surface area contributed by atoms with Crippen molar-refractivity contribution < 1.29 is 14.3 Å². The van der Waals surface area contributed by atoms with Gasteiger partial charge < -0.3 is 14.4 Å². The van der Waals surface area contributed by atoms with Crippen molar-refractivity contribution in [3.63, 3.8) is 0 Å². The molecule has 4 rings (SSSR count). The first-order valence-corrected chi connectivity index (χ1v) is 10.2. The highest BCUT2D eigenvalue weighted by atomic mass is 16.5. The number of carbonyl (C=O) groups excluding carboxylic acids is 1. The number of aromatic nitrogens is 1. The van der Waals surface area contributed by atoms with Crippen molar-refractivity contribution >= 4 is 5.91 Å². The normalized spacial score (nSPS) is 29.5. The quantitative estimate of drug-likeness (QED) is 0.810. The number of amides is 1. The van der Waals surface area contributed by atoms with Gasteiger partial charge in [-0.2, -0.15) is 0 Å². The summed E-state index contributed by atoms with van der Waals surface area (Å²) in [7, 11) is 0. The molecule has 0 bridgehead atoms. The fourth-order valence-electron chi connectivity index (χ4n) is 4.95. The van der Waals surface area contributed by atoms with Crippen molar-refractivity contribution in [2.75, 3.05) is 32.9 Å². The molecule has 2 saturated heterocycles. The third-order valence-electron chi connectivity index (χ3n) is 6.40. The smallest absolute Gasteiger partial charge is 0.255 e. The van der Waals surface area contributed by atoms with Gasteiger partial charge in [-0.15, -0.1) is 0 Å². The van der Waals surface area contributed by atoms with Gasteiger partial charge in [0, 0.05) is 44.1 Å². The summed E-state index contributed by atoms with van der Waals surface area (Å²) >= 11 is 0. The molecule has 3 fully saturated rings. The number of fused-ring (bicyclic) bond motifs is 1. The predicted molar refractivity (Wildman–Crippen MR) is 98.9 cm³/mol. The fraction of sp³-hybridized carbons (Fsp3) is 0.714. The predicted octanol–water partition coefficient (Wildman–Crippen LogP) is 3.30. The first-order valence-electron chi connectivity index (χ1n) is 10.2. The molecular weight excluding hydrogens is 328 g/mol. The number of nitrogens with zero attached hydrogens (tertiary/aromatic N) is 2. The second-order valence-corrected chi connectivity index (χ2v) is 8.25. The Morgan fingerprint density at radius 1 is 1.31 bits per heavy atom. The molecule has 5 heteroatoms. The lowest BCUT2D eigenvalue weighted by Crippen LogP contribution is -2.58. The molecule has 1 aromatic rings. The van der Waals surface area contributed by atoms with Gasteiger partial charge in [-0.3, -0.25) is 9.78 Å². The molecule has 2 aliphatic heterocycles. The van der Waals surface area contributed by atoms with Crippen molar-refractivity contribution in [2.24, 2.45) is 11.3 Å². The molecule has 26 heavy (non-hydrogen) atoms. The SMILES string of the molecule is O=C(c1cccnc1)N1CC[C@H]2OCCC[C@]2(COCC2CCCC2)C1. The van der Waals surface area contributed by atoms with Crippen LogP contribution in [0.3, 0.4) is 0 Å². The van der Waals surface area contributed by atoms with Crippen LogP contribution in [0, 0.1) is 11.3 Å². The number of hydrogen-bond donors (Lipinski definition) is 0. The van der Waals surface area contributed by atoms with Gasteiger partial charge in [-0.05, 0) is 50.2 Å². The van der Waals surface area contributed by atoms with Crippen LogP contribution in [-0.4, -0.2) is 54.8 Å². The molecule has 0 N–H and O–H groups in total. The van der Waals surface area contributed by atoms with Crippen molar-refractivity contribution in [3.05, 3.63) is 30.1 Å². The van der Waals surface area contributed by atoms with Crippen molar-refractivity contribution in [1.29, 1.82) is 0 Å². The maximum atomic E-state index is 12.9. The Labute approximate surface area is 156 Å². The minimum Gasteiger partial charge on any atom is -0.380 e. The number of hydrogen-bond acceptors (Lipinski definition) is 4. The van der Waals surface area contributed by atoms with E-state index in [1.54, 1.807) is 12.4 Å². The molecule has 0 unspecified atom stereocenters. The number of piperidine rings is 1. The Hall–Kier alpha value is -1.46. The van der Waals surface area contributed by atoms with Crippen molar-refractivity contribution in [1.82, 2.24) is 9.88 Å². The van der Waals surface area contributed by atoms with E-state index in [9.17, 15) is 4.79 Å². The summed E-state index contributed by atoms with van der Waals surface area (Å²) in [6.07, 6.45) is 11.9. The summed E-state index contributed by atoms with van der Waals surface area (Å²) in [6, 6.07) is 3.67. The first-order chi connectivity index (χ1) is 12.8. The van der Waals surface area contributed by atoms with E-state index in [0.717, 1.165) is 51.5 Å². The van der Waals surface area contributed by atoms with Gasteiger partial charge in [0.1, 0.15) is 0 Å². The van der Waals surface area contributed by atoms with Crippen LogP contribution in [0.4, 0.5) is 0 Å². The van der Waals surface area contributed by atoms with Gasteiger partial charge in [0.2, 0.25) is 0 Å². The summed E-state index contributed by atoms with van der Waals surface area (Å²) in [4.78, 5) is 19.0. The Balaban J connectivity index is 1.43. The van der Waals surface area contributed by atoms with E-state index in [-0.39, 0.29) is 17.4 Å². The van der Waals surface area contributed by atoms with Gasteiger partial charge in [-0.25, -0.2) is 0 Å². The lowest BCUT2D eigenvalue weighted by atomic mass is 9.73. The highest BCUT2D eigenvalue weighted by Crippen LogP contribution is 2.41. The van der Waals surface area contributed by atoms with E-state index in [0.29, 0.717) is 12.2 Å². The lowest BCUT2D eigenvalue weighted by molar-refractivity contribution is -0.148. The third kappa shape index (κ3) is 3.79. The van der Waals surface area contributed by atoms with Crippen LogP contribution in [0.2, 0.25) is 0 Å². The Morgan fingerprint density at radius 3 is 3.00 bits per heavy atom. The van der Waals surface area contributed by atoms with Crippen molar-refractivity contribution in [2.45, 2.75) is 51.0 Å². The monoisotopic (exact) mass is 358 g/mol. The molecule has 2 atom stereocenters. The van der Waals surface area contributed by atoms with Crippen LogP contribution >= 0.6 is 0 Å². The molecule has 0 radical (unpaired) electrons. The zero-order chi connectivity index (χ0) is 17.8. The van der Waals surface area contributed by atoms with E-state index < -0.39 is 0 Å². The van der Waals surface area contributed by atoms with Gasteiger partial charge in [-0.1, -0.05) is 12.8 Å². The summed E-state index contributed by atoms with van der Waals surface area (Å²) < 4.78 is 12.3. The minimum atomic E-state index is -0.0486. The van der Waals surface area contributed by atoms with Crippen LogP contribution in [-0.2, 0) is 9.47 Å². The molecule has 0 spiro atoms. The highest BCUT2D eigenvalue weighted by Gasteiger charge is 2.47.